The van der Waals surface area contributed by atoms with Crippen molar-refractivity contribution in [1.29, 1.82) is 0 Å². The molecule has 0 spiro atoms. The first-order valence-corrected chi connectivity index (χ1v) is 6.57. The molecule has 0 bridgehead atoms. The molecule has 112 valence electrons. The first kappa shape index (κ1) is 15.0. The number of benzene rings is 1. The summed E-state index contributed by atoms with van der Waals surface area (Å²) in [5, 5.41) is 14.1. The lowest BCUT2D eigenvalue weighted by Crippen LogP contribution is -2.09. The number of hydrogen-bond donors (Lipinski definition) is 1. The van der Waals surface area contributed by atoms with Gasteiger partial charge in [-0.05, 0) is 45.4 Å². The summed E-state index contributed by atoms with van der Waals surface area (Å²) >= 11 is 0. The molecule has 2 rings (SSSR count). The van der Waals surface area contributed by atoms with E-state index in [9.17, 15) is 14.5 Å². The Labute approximate surface area is 121 Å². The standard InChI is InChI=1S/C15H17FN2O3/c1-8-5-14(15(18(19)20)7-13(8)16)17-10(3)12-6-9(2)21-11(12)4/h5-7,10,17H,1-4H3. The van der Waals surface area contributed by atoms with Crippen molar-refractivity contribution in [2.75, 3.05) is 5.32 Å². The Morgan fingerprint density at radius 2 is 1.95 bits per heavy atom. The normalized spacial score (nSPS) is 12.2. The molecule has 0 amide bonds. The molecular formula is C15H17FN2O3. The Bertz CT molecular complexity index is 694. The largest absolute Gasteiger partial charge is 0.466 e. The number of nitro groups is 1. The molecule has 0 aliphatic carbocycles. The Balaban J connectivity index is 2.36. The van der Waals surface area contributed by atoms with Crippen LogP contribution >= 0.6 is 0 Å². The highest BCUT2D eigenvalue weighted by Crippen LogP contribution is 2.32. The third kappa shape index (κ3) is 3.04. The molecule has 1 atom stereocenters. The number of aryl methyl sites for hydroxylation is 3. The van der Waals surface area contributed by atoms with Gasteiger partial charge in [0.1, 0.15) is 23.0 Å². The predicted octanol–water partition coefficient (Wildman–Crippen LogP) is 4.43. The van der Waals surface area contributed by atoms with Crippen LogP contribution in [-0.4, -0.2) is 4.92 Å². The van der Waals surface area contributed by atoms with Gasteiger partial charge in [0.05, 0.1) is 17.0 Å². The Morgan fingerprint density at radius 3 is 2.48 bits per heavy atom. The van der Waals surface area contributed by atoms with Crippen LogP contribution in [0.1, 0.15) is 35.6 Å². The minimum Gasteiger partial charge on any atom is -0.466 e. The molecule has 1 unspecified atom stereocenters. The van der Waals surface area contributed by atoms with E-state index in [1.807, 2.05) is 26.8 Å². The molecule has 1 aromatic carbocycles. The van der Waals surface area contributed by atoms with Crippen LogP contribution in [0.4, 0.5) is 15.8 Å². The zero-order valence-corrected chi connectivity index (χ0v) is 12.4. The van der Waals surface area contributed by atoms with E-state index in [0.29, 0.717) is 11.3 Å². The van der Waals surface area contributed by atoms with Crippen molar-refractivity contribution >= 4 is 11.4 Å². The second-order valence-electron chi connectivity index (χ2n) is 5.11. The Morgan fingerprint density at radius 1 is 1.29 bits per heavy atom. The lowest BCUT2D eigenvalue weighted by Gasteiger charge is -2.15. The average molecular weight is 292 g/mol. The minimum absolute atomic E-state index is 0.189. The summed E-state index contributed by atoms with van der Waals surface area (Å²) in [6.07, 6.45) is 0. The van der Waals surface area contributed by atoms with Crippen LogP contribution in [0.2, 0.25) is 0 Å². The highest BCUT2D eigenvalue weighted by molar-refractivity contribution is 5.64. The number of halogens is 1. The molecule has 1 aromatic heterocycles. The Hall–Kier alpha value is -2.37. The summed E-state index contributed by atoms with van der Waals surface area (Å²) in [5.41, 5.74) is 1.30. The molecule has 0 saturated carbocycles. The molecule has 6 heteroatoms. The van der Waals surface area contributed by atoms with Crippen molar-refractivity contribution in [3.63, 3.8) is 0 Å². The predicted molar refractivity (Wildman–Crippen MR) is 78.0 cm³/mol. The van der Waals surface area contributed by atoms with Gasteiger partial charge < -0.3 is 9.73 Å². The van der Waals surface area contributed by atoms with Crippen molar-refractivity contribution in [2.45, 2.75) is 33.7 Å². The quantitative estimate of drug-likeness (QED) is 0.668. The van der Waals surface area contributed by atoms with E-state index >= 15 is 0 Å². The summed E-state index contributed by atoms with van der Waals surface area (Å²) in [6, 6.07) is 4.09. The van der Waals surface area contributed by atoms with Crippen LogP contribution in [0, 0.1) is 36.7 Å². The van der Waals surface area contributed by atoms with Crippen LogP contribution in [0.15, 0.2) is 22.6 Å². The summed E-state index contributed by atoms with van der Waals surface area (Å²) in [4.78, 5) is 10.5. The van der Waals surface area contributed by atoms with Gasteiger partial charge in [0, 0.05) is 5.56 Å². The smallest absolute Gasteiger partial charge is 0.295 e. The lowest BCUT2D eigenvalue weighted by molar-refractivity contribution is -0.384. The van der Waals surface area contributed by atoms with Gasteiger partial charge in [-0.2, -0.15) is 0 Å². The van der Waals surface area contributed by atoms with Gasteiger partial charge in [0.25, 0.3) is 5.69 Å². The van der Waals surface area contributed by atoms with Crippen molar-refractivity contribution < 1.29 is 13.7 Å². The summed E-state index contributed by atoms with van der Waals surface area (Å²) in [5.74, 6) is 0.949. The second-order valence-corrected chi connectivity index (χ2v) is 5.11. The second kappa shape index (κ2) is 5.55. The highest BCUT2D eigenvalue weighted by atomic mass is 19.1. The third-order valence-electron chi connectivity index (χ3n) is 3.39. The minimum atomic E-state index is -0.592. The van der Waals surface area contributed by atoms with Gasteiger partial charge >= 0.3 is 0 Å². The number of nitrogens with one attached hydrogen (secondary N) is 1. The number of nitrogens with zero attached hydrogens (tertiary/aromatic N) is 1. The summed E-state index contributed by atoms with van der Waals surface area (Å²) in [6.45, 7) is 7.13. The van der Waals surface area contributed by atoms with Crippen LogP contribution in [0.25, 0.3) is 0 Å². The maximum Gasteiger partial charge on any atom is 0.295 e. The fourth-order valence-corrected chi connectivity index (χ4v) is 2.33. The van der Waals surface area contributed by atoms with E-state index in [4.69, 9.17) is 4.42 Å². The number of nitro benzene ring substituents is 1. The van der Waals surface area contributed by atoms with E-state index in [2.05, 4.69) is 5.32 Å². The maximum absolute atomic E-state index is 13.5. The molecule has 5 nitrogen and oxygen atoms in total. The molecule has 1 heterocycles. The fraction of sp³-hybridized carbons (Fsp3) is 0.333. The molecule has 2 aromatic rings. The van der Waals surface area contributed by atoms with Crippen LogP contribution < -0.4 is 5.32 Å². The van der Waals surface area contributed by atoms with Crippen LogP contribution in [0.3, 0.4) is 0 Å². The highest BCUT2D eigenvalue weighted by Gasteiger charge is 2.20. The van der Waals surface area contributed by atoms with Crippen molar-refractivity contribution in [2.24, 2.45) is 0 Å². The average Bonchev–Trinajstić information content (AvgIpc) is 2.72. The van der Waals surface area contributed by atoms with E-state index < -0.39 is 10.7 Å². The van der Waals surface area contributed by atoms with Crippen molar-refractivity contribution in [3.05, 3.63) is 56.8 Å². The molecule has 0 aliphatic heterocycles. The molecular weight excluding hydrogens is 275 g/mol. The first-order chi connectivity index (χ1) is 9.79. The monoisotopic (exact) mass is 292 g/mol. The van der Waals surface area contributed by atoms with E-state index in [1.165, 1.54) is 6.07 Å². The lowest BCUT2D eigenvalue weighted by atomic mass is 10.1. The first-order valence-electron chi connectivity index (χ1n) is 6.57. The van der Waals surface area contributed by atoms with Crippen LogP contribution in [0.5, 0.6) is 0 Å². The van der Waals surface area contributed by atoms with E-state index in [0.717, 1.165) is 23.2 Å². The van der Waals surface area contributed by atoms with Gasteiger partial charge in [-0.3, -0.25) is 10.1 Å². The van der Waals surface area contributed by atoms with Gasteiger partial charge in [-0.25, -0.2) is 4.39 Å². The molecule has 0 saturated heterocycles. The SMILES string of the molecule is Cc1cc(C(C)Nc2cc(C)c(F)cc2[N+](=O)[O-])c(C)o1. The van der Waals surface area contributed by atoms with Gasteiger partial charge in [0.2, 0.25) is 0 Å². The van der Waals surface area contributed by atoms with E-state index in [1.54, 1.807) is 6.92 Å². The molecule has 0 fully saturated rings. The number of furan rings is 1. The van der Waals surface area contributed by atoms with Crippen LogP contribution in [-0.2, 0) is 0 Å². The molecule has 0 aliphatic rings. The topological polar surface area (TPSA) is 68.3 Å². The Kier molecular flexibility index (Phi) is 3.97. The maximum atomic E-state index is 13.5. The van der Waals surface area contributed by atoms with Crippen molar-refractivity contribution in [1.82, 2.24) is 0 Å². The number of rotatable bonds is 4. The molecule has 0 radical (unpaired) electrons. The zero-order chi connectivity index (χ0) is 15.7. The van der Waals surface area contributed by atoms with Gasteiger partial charge in [-0.1, -0.05) is 0 Å². The van der Waals surface area contributed by atoms with E-state index in [-0.39, 0.29) is 11.7 Å². The third-order valence-corrected chi connectivity index (χ3v) is 3.39. The number of hydrogen-bond acceptors (Lipinski definition) is 4. The number of anilines is 1. The summed E-state index contributed by atoms with van der Waals surface area (Å²) in [7, 11) is 0. The fourth-order valence-electron chi connectivity index (χ4n) is 2.33. The summed E-state index contributed by atoms with van der Waals surface area (Å²) < 4.78 is 19.0. The van der Waals surface area contributed by atoms with Gasteiger partial charge in [0.15, 0.2) is 0 Å². The molecule has 1 N–H and O–H groups in total. The van der Waals surface area contributed by atoms with Crippen molar-refractivity contribution in [3.8, 4) is 0 Å². The molecule has 21 heavy (non-hydrogen) atoms. The zero-order valence-electron chi connectivity index (χ0n) is 12.4. The van der Waals surface area contributed by atoms with Gasteiger partial charge in [-0.15, -0.1) is 0 Å².